The Kier molecular flexibility index (Phi) is 3.24. The third-order valence-electron chi connectivity index (χ3n) is 2.07. The quantitative estimate of drug-likeness (QED) is 0.629. The van der Waals surface area contributed by atoms with Crippen LogP contribution in [0.1, 0.15) is 10.4 Å². The van der Waals surface area contributed by atoms with Gasteiger partial charge in [-0.1, -0.05) is 11.8 Å². The maximum absolute atomic E-state index is 11.1. The molecule has 86 valence electrons. The smallest absolute Gasteiger partial charge is 0.248 e. The van der Waals surface area contributed by atoms with Crippen LogP contribution in [-0.2, 0) is 0 Å². The van der Waals surface area contributed by atoms with Crippen LogP contribution in [0.3, 0.4) is 0 Å². The number of carbonyl (C=O) groups excluding carboxylic acids is 1. The van der Waals surface area contributed by atoms with Gasteiger partial charge in [0.1, 0.15) is 11.4 Å². The molecule has 1 aromatic heterocycles. The molecule has 6 heteroatoms. The third kappa shape index (κ3) is 2.73. The highest BCUT2D eigenvalue weighted by Gasteiger charge is 2.07. The molecule has 0 radical (unpaired) electrons. The number of nitrogens with two attached hydrogens (primary N) is 2. The number of primary amides is 1. The van der Waals surface area contributed by atoms with E-state index in [0.29, 0.717) is 11.3 Å². The van der Waals surface area contributed by atoms with Gasteiger partial charge in [-0.05, 0) is 24.3 Å². The van der Waals surface area contributed by atoms with Crippen LogP contribution in [0.15, 0.2) is 46.7 Å². The number of aromatic nitrogens is 2. The molecule has 1 amide bonds. The third-order valence-corrected chi connectivity index (χ3v) is 3.09. The molecule has 0 saturated carbocycles. The van der Waals surface area contributed by atoms with Gasteiger partial charge in [-0.3, -0.25) is 4.79 Å². The molecule has 5 nitrogen and oxygen atoms in total. The first-order valence-electron chi connectivity index (χ1n) is 4.80. The molecule has 0 bridgehead atoms. The molecule has 17 heavy (non-hydrogen) atoms. The van der Waals surface area contributed by atoms with Crippen LogP contribution in [0.25, 0.3) is 0 Å². The van der Waals surface area contributed by atoms with Crippen LogP contribution in [0.2, 0.25) is 0 Å². The van der Waals surface area contributed by atoms with E-state index < -0.39 is 5.91 Å². The molecule has 0 spiro atoms. The highest BCUT2D eigenvalue weighted by Crippen LogP contribution is 2.31. The van der Waals surface area contributed by atoms with Gasteiger partial charge in [0.15, 0.2) is 0 Å². The van der Waals surface area contributed by atoms with Crippen molar-refractivity contribution in [3.05, 3.63) is 42.4 Å². The van der Waals surface area contributed by atoms with E-state index in [1.807, 2.05) is 0 Å². The summed E-state index contributed by atoms with van der Waals surface area (Å²) in [6.07, 6.45) is 3.10. The summed E-state index contributed by atoms with van der Waals surface area (Å²) in [5.74, 6) is -0.477. The van der Waals surface area contributed by atoms with Crippen molar-refractivity contribution in [1.82, 2.24) is 9.97 Å². The topological polar surface area (TPSA) is 94.9 Å². The van der Waals surface area contributed by atoms with E-state index >= 15 is 0 Å². The number of hydrogen-bond acceptors (Lipinski definition) is 5. The van der Waals surface area contributed by atoms with Gasteiger partial charge in [-0.15, -0.1) is 0 Å². The number of benzene rings is 1. The zero-order chi connectivity index (χ0) is 12.3. The molecule has 0 aliphatic rings. The van der Waals surface area contributed by atoms with Crippen molar-refractivity contribution in [3.63, 3.8) is 0 Å². The Labute approximate surface area is 102 Å². The Morgan fingerprint density at radius 3 is 2.76 bits per heavy atom. The molecule has 0 unspecified atom stereocenters. The molecule has 0 atom stereocenters. The lowest BCUT2D eigenvalue weighted by Gasteiger charge is -2.05. The van der Waals surface area contributed by atoms with Crippen LogP contribution in [-0.4, -0.2) is 15.9 Å². The highest BCUT2D eigenvalue weighted by molar-refractivity contribution is 7.99. The second-order valence-electron chi connectivity index (χ2n) is 3.27. The minimum absolute atomic E-state index is 0.427. The van der Waals surface area contributed by atoms with Crippen molar-refractivity contribution < 1.29 is 4.79 Å². The van der Waals surface area contributed by atoms with E-state index in [-0.39, 0.29) is 0 Å². The molecule has 0 aliphatic heterocycles. The predicted octanol–water partition coefficient (Wildman–Crippen LogP) is 1.31. The zero-order valence-electron chi connectivity index (χ0n) is 8.83. The number of carbonyl (C=O) groups is 1. The van der Waals surface area contributed by atoms with Gasteiger partial charge in [-0.25, -0.2) is 9.97 Å². The molecular formula is C11H10N4OS. The van der Waals surface area contributed by atoms with Crippen molar-refractivity contribution >= 4 is 23.4 Å². The van der Waals surface area contributed by atoms with E-state index in [9.17, 15) is 4.79 Å². The molecule has 0 saturated heterocycles. The number of anilines is 1. The van der Waals surface area contributed by atoms with Crippen LogP contribution in [0.4, 0.5) is 5.69 Å². The van der Waals surface area contributed by atoms with Crippen molar-refractivity contribution in [2.45, 2.75) is 9.92 Å². The number of amides is 1. The lowest BCUT2D eigenvalue weighted by atomic mass is 10.2. The monoisotopic (exact) mass is 246 g/mol. The molecule has 1 heterocycles. The summed E-state index contributed by atoms with van der Waals surface area (Å²) >= 11 is 1.36. The fourth-order valence-corrected chi connectivity index (χ4v) is 2.05. The van der Waals surface area contributed by atoms with Crippen LogP contribution < -0.4 is 11.5 Å². The summed E-state index contributed by atoms with van der Waals surface area (Å²) in [6.45, 7) is 0. The summed E-state index contributed by atoms with van der Waals surface area (Å²) in [6, 6.07) is 6.68. The van der Waals surface area contributed by atoms with E-state index in [4.69, 9.17) is 11.5 Å². The highest BCUT2D eigenvalue weighted by atomic mass is 32.2. The minimum atomic E-state index is -0.477. The van der Waals surface area contributed by atoms with Crippen molar-refractivity contribution in [2.24, 2.45) is 5.73 Å². The second-order valence-corrected chi connectivity index (χ2v) is 4.33. The predicted molar refractivity (Wildman–Crippen MR) is 65.5 cm³/mol. The zero-order valence-corrected chi connectivity index (χ0v) is 9.65. The number of hydrogen-bond donors (Lipinski definition) is 2. The maximum Gasteiger partial charge on any atom is 0.248 e. The van der Waals surface area contributed by atoms with Crippen molar-refractivity contribution in [2.75, 3.05) is 5.73 Å². The summed E-state index contributed by atoms with van der Waals surface area (Å²) in [4.78, 5) is 19.7. The number of rotatable bonds is 3. The van der Waals surface area contributed by atoms with Gasteiger partial charge in [0.2, 0.25) is 5.91 Å². The Morgan fingerprint density at radius 2 is 2.12 bits per heavy atom. The Bertz CT molecular complexity index is 544. The molecule has 0 aliphatic carbocycles. The molecule has 1 aromatic carbocycles. The first-order chi connectivity index (χ1) is 8.16. The van der Waals surface area contributed by atoms with Crippen LogP contribution in [0, 0.1) is 0 Å². The summed E-state index contributed by atoms with van der Waals surface area (Å²) in [5, 5.41) is 0.758. The fraction of sp³-hybridized carbons (Fsp3) is 0. The molecule has 0 fully saturated rings. The van der Waals surface area contributed by atoms with Gasteiger partial charge in [-0.2, -0.15) is 0 Å². The average molecular weight is 246 g/mol. The van der Waals surface area contributed by atoms with Gasteiger partial charge < -0.3 is 11.5 Å². The Balaban J connectivity index is 2.32. The van der Waals surface area contributed by atoms with Gasteiger partial charge in [0.25, 0.3) is 0 Å². The molecular weight excluding hydrogens is 236 g/mol. The molecule has 4 N–H and O–H groups in total. The standard InChI is InChI=1S/C11H10N4OS/c12-8-2-1-7(11(13)16)5-9(8)17-10-3-4-14-6-15-10/h1-6H,12H2,(H2,13,16). The van der Waals surface area contributed by atoms with E-state index in [2.05, 4.69) is 9.97 Å². The second kappa shape index (κ2) is 4.84. The van der Waals surface area contributed by atoms with Crippen molar-refractivity contribution in [1.29, 1.82) is 0 Å². The molecule has 2 rings (SSSR count). The minimum Gasteiger partial charge on any atom is -0.398 e. The Hall–Kier alpha value is -2.08. The van der Waals surface area contributed by atoms with Gasteiger partial charge >= 0.3 is 0 Å². The lowest BCUT2D eigenvalue weighted by Crippen LogP contribution is -2.11. The largest absolute Gasteiger partial charge is 0.398 e. The van der Waals surface area contributed by atoms with Crippen LogP contribution in [0.5, 0.6) is 0 Å². The summed E-state index contributed by atoms with van der Waals surface area (Å²) < 4.78 is 0. The Morgan fingerprint density at radius 1 is 1.29 bits per heavy atom. The van der Waals surface area contributed by atoms with Crippen LogP contribution >= 0.6 is 11.8 Å². The maximum atomic E-state index is 11.1. The fourth-order valence-electron chi connectivity index (χ4n) is 1.23. The normalized spacial score (nSPS) is 10.1. The van der Waals surface area contributed by atoms with E-state index in [1.165, 1.54) is 18.1 Å². The number of nitrogen functional groups attached to an aromatic ring is 1. The van der Waals surface area contributed by atoms with Crippen molar-refractivity contribution in [3.8, 4) is 0 Å². The lowest BCUT2D eigenvalue weighted by molar-refractivity contribution is 0.1000. The average Bonchev–Trinajstić information content (AvgIpc) is 2.33. The first kappa shape index (κ1) is 11.4. The van der Waals surface area contributed by atoms with E-state index in [1.54, 1.807) is 30.5 Å². The van der Waals surface area contributed by atoms with Gasteiger partial charge in [0, 0.05) is 22.3 Å². The van der Waals surface area contributed by atoms with Gasteiger partial charge in [0.05, 0.1) is 0 Å². The SMILES string of the molecule is NC(=O)c1ccc(N)c(Sc2ccncn2)c1. The molecule has 2 aromatic rings. The van der Waals surface area contributed by atoms with E-state index in [0.717, 1.165) is 9.92 Å². The number of nitrogens with zero attached hydrogens (tertiary/aromatic N) is 2. The summed E-state index contributed by atoms with van der Waals surface area (Å²) in [5.41, 5.74) is 12.0. The summed E-state index contributed by atoms with van der Waals surface area (Å²) in [7, 11) is 0. The first-order valence-corrected chi connectivity index (χ1v) is 5.61.